The van der Waals surface area contributed by atoms with Crippen molar-refractivity contribution in [3.8, 4) is 0 Å². The van der Waals surface area contributed by atoms with Crippen molar-refractivity contribution >= 4 is 11.6 Å². The lowest BCUT2D eigenvalue weighted by atomic mass is 9.75. The minimum absolute atomic E-state index is 0.163. The van der Waals surface area contributed by atoms with Crippen LogP contribution >= 0.6 is 11.6 Å². The molecule has 0 aliphatic heterocycles. The molecule has 84 valence electrons. The normalized spacial score (nSPS) is 13.9. The van der Waals surface area contributed by atoms with Gasteiger partial charge in [0, 0.05) is 11.6 Å². The van der Waals surface area contributed by atoms with Crippen molar-refractivity contribution in [2.45, 2.75) is 33.1 Å². The van der Waals surface area contributed by atoms with Crippen molar-refractivity contribution in [2.75, 3.05) is 6.61 Å². The zero-order valence-electron chi connectivity index (χ0n) is 9.63. The first-order valence-corrected chi connectivity index (χ1v) is 5.69. The molecule has 1 nitrogen and oxygen atoms in total. The Morgan fingerprint density at radius 1 is 1.20 bits per heavy atom. The first kappa shape index (κ1) is 12.5. The highest BCUT2D eigenvalue weighted by atomic mass is 35.5. The van der Waals surface area contributed by atoms with Crippen molar-refractivity contribution in [3.05, 3.63) is 34.9 Å². The maximum atomic E-state index is 9.09. The van der Waals surface area contributed by atoms with Gasteiger partial charge in [-0.2, -0.15) is 0 Å². The number of halogens is 1. The summed E-state index contributed by atoms with van der Waals surface area (Å²) in [6.07, 6.45) is 0.797. The molecule has 0 radical (unpaired) electrons. The summed E-state index contributed by atoms with van der Waals surface area (Å²) in [6, 6.07) is 7.92. The average molecular weight is 227 g/mol. The number of aliphatic hydroxyl groups excluding tert-OH is 1. The standard InChI is InChI=1S/C13H19ClO/c1-13(2,3)12(8-9-15)10-4-6-11(14)7-5-10/h4-7,12,15H,8-9H2,1-3H3. The zero-order valence-corrected chi connectivity index (χ0v) is 10.4. The van der Waals surface area contributed by atoms with Crippen LogP contribution in [0.15, 0.2) is 24.3 Å². The van der Waals surface area contributed by atoms with Gasteiger partial charge in [-0.25, -0.2) is 0 Å². The van der Waals surface area contributed by atoms with Gasteiger partial charge in [-0.15, -0.1) is 0 Å². The highest BCUT2D eigenvalue weighted by Crippen LogP contribution is 2.37. The number of benzene rings is 1. The van der Waals surface area contributed by atoms with Gasteiger partial charge in [-0.05, 0) is 35.4 Å². The number of hydrogen-bond acceptors (Lipinski definition) is 1. The Bertz CT molecular complexity index is 297. The Kier molecular flexibility index (Phi) is 4.18. The van der Waals surface area contributed by atoms with Crippen LogP contribution in [-0.4, -0.2) is 11.7 Å². The van der Waals surface area contributed by atoms with E-state index >= 15 is 0 Å². The van der Waals surface area contributed by atoms with Crippen LogP contribution in [0.25, 0.3) is 0 Å². The lowest BCUT2D eigenvalue weighted by molar-refractivity contribution is 0.223. The maximum Gasteiger partial charge on any atom is 0.0437 e. The van der Waals surface area contributed by atoms with Crippen LogP contribution in [0, 0.1) is 5.41 Å². The lowest BCUT2D eigenvalue weighted by Gasteiger charge is -2.30. The van der Waals surface area contributed by atoms with Crippen LogP contribution < -0.4 is 0 Å². The largest absolute Gasteiger partial charge is 0.396 e. The van der Waals surface area contributed by atoms with E-state index < -0.39 is 0 Å². The molecule has 1 N–H and O–H groups in total. The van der Waals surface area contributed by atoms with Crippen molar-refractivity contribution in [1.82, 2.24) is 0 Å². The van der Waals surface area contributed by atoms with Crippen molar-refractivity contribution in [1.29, 1.82) is 0 Å². The zero-order chi connectivity index (χ0) is 11.5. The molecular formula is C13H19ClO. The molecule has 1 aromatic rings. The molecule has 0 aliphatic carbocycles. The molecule has 0 aromatic heterocycles. The molecule has 0 aliphatic rings. The highest BCUT2D eigenvalue weighted by Gasteiger charge is 2.25. The molecule has 0 saturated carbocycles. The van der Waals surface area contributed by atoms with Crippen LogP contribution in [0.3, 0.4) is 0 Å². The molecule has 0 bridgehead atoms. The molecule has 1 unspecified atom stereocenters. The van der Waals surface area contributed by atoms with Crippen LogP contribution in [0.4, 0.5) is 0 Å². The molecule has 0 fully saturated rings. The molecule has 0 saturated heterocycles. The molecular weight excluding hydrogens is 208 g/mol. The van der Waals surface area contributed by atoms with Gasteiger partial charge in [0.1, 0.15) is 0 Å². The van der Waals surface area contributed by atoms with E-state index in [-0.39, 0.29) is 12.0 Å². The van der Waals surface area contributed by atoms with Crippen molar-refractivity contribution < 1.29 is 5.11 Å². The number of aliphatic hydroxyl groups is 1. The Morgan fingerprint density at radius 2 is 1.73 bits per heavy atom. The maximum absolute atomic E-state index is 9.09. The predicted molar refractivity (Wildman–Crippen MR) is 65.4 cm³/mol. The van der Waals surface area contributed by atoms with Gasteiger partial charge in [0.15, 0.2) is 0 Å². The summed E-state index contributed by atoms with van der Waals surface area (Å²) in [5.41, 5.74) is 1.41. The van der Waals surface area contributed by atoms with E-state index in [1.54, 1.807) is 0 Å². The van der Waals surface area contributed by atoms with E-state index in [2.05, 4.69) is 20.8 Å². The van der Waals surface area contributed by atoms with Gasteiger partial charge < -0.3 is 5.11 Å². The summed E-state index contributed by atoms with van der Waals surface area (Å²) < 4.78 is 0. The van der Waals surface area contributed by atoms with Gasteiger partial charge in [-0.3, -0.25) is 0 Å². The first-order valence-electron chi connectivity index (χ1n) is 5.31. The van der Waals surface area contributed by atoms with Gasteiger partial charge in [0.25, 0.3) is 0 Å². The SMILES string of the molecule is CC(C)(C)C(CCO)c1ccc(Cl)cc1. The van der Waals surface area contributed by atoms with E-state index in [1.165, 1.54) is 5.56 Å². The Morgan fingerprint density at radius 3 is 2.13 bits per heavy atom. The fourth-order valence-corrected chi connectivity index (χ4v) is 2.05. The van der Waals surface area contributed by atoms with Crippen LogP contribution in [0.1, 0.15) is 38.7 Å². The number of hydrogen-bond donors (Lipinski definition) is 1. The predicted octanol–water partition coefficient (Wildman–Crippen LogP) is 3.85. The third-order valence-corrected chi connectivity index (χ3v) is 2.99. The number of rotatable bonds is 3. The molecule has 1 aromatic carbocycles. The third kappa shape index (κ3) is 3.51. The highest BCUT2D eigenvalue weighted by molar-refractivity contribution is 6.30. The Hall–Kier alpha value is -0.530. The van der Waals surface area contributed by atoms with Gasteiger partial charge >= 0.3 is 0 Å². The van der Waals surface area contributed by atoms with Crippen LogP contribution in [0.5, 0.6) is 0 Å². The molecule has 0 heterocycles. The van der Waals surface area contributed by atoms with E-state index in [9.17, 15) is 0 Å². The molecule has 0 amide bonds. The molecule has 15 heavy (non-hydrogen) atoms. The second-order valence-electron chi connectivity index (χ2n) is 4.98. The third-order valence-electron chi connectivity index (χ3n) is 2.74. The lowest BCUT2D eigenvalue weighted by Crippen LogP contribution is -2.19. The summed E-state index contributed by atoms with van der Waals surface area (Å²) in [7, 11) is 0. The van der Waals surface area contributed by atoms with Crippen molar-refractivity contribution in [3.63, 3.8) is 0 Å². The van der Waals surface area contributed by atoms with Gasteiger partial charge in [-0.1, -0.05) is 44.5 Å². The second kappa shape index (κ2) is 5.00. The van der Waals surface area contributed by atoms with E-state index in [1.807, 2.05) is 24.3 Å². The monoisotopic (exact) mass is 226 g/mol. The topological polar surface area (TPSA) is 20.2 Å². The van der Waals surface area contributed by atoms with Crippen LogP contribution in [0.2, 0.25) is 5.02 Å². The summed E-state index contributed by atoms with van der Waals surface area (Å²) in [6.45, 7) is 6.82. The van der Waals surface area contributed by atoms with Gasteiger partial charge in [0.2, 0.25) is 0 Å². The second-order valence-corrected chi connectivity index (χ2v) is 5.42. The van der Waals surface area contributed by atoms with E-state index in [0.29, 0.717) is 5.92 Å². The molecule has 2 heteroatoms. The van der Waals surface area contributed by atoms with E-state index in [4.69, 9.17) is 16.7 Å². The first-order chi connectivity index (χ1) is 6.95. The van der Waals surface area contributed by atoms with Gasteiger partial charge in [0.05, 0.1) is 0 Å². The minimum Gasteiger partial charge on any atom is -0.396 e. The quantitative estimate of drug-likeness (QED) is 0.830. The fraction of sp³-hybridized carbons (Fsp3) is 0.538. The summed E-state index contributed by atoms with van der Waals surface area (Å²) in [5.74, 6) is 0.375. The molecule has 1 atom stereocenters. The van der Waals surface area contributed by atoms with Crippen LogP contribution in [-0.2, 0) is 0 Å². The minimum atomic E-state index is 0.163. The molecule has 0 spiro atoms. The summed E-state index contributed by atoms with van der Waals surface area (Å²) >= 11 is 5.86. The average Bonchev–Trinajstić information content (AvgIpc) is 2.14. The summed E-state index contributed by atoms with van der Waals surface area (Å²) in [4.78, 5) is 0. The Labute approximate surface area is 97.1 Å². The Balaban J connectivity index is 2.94. The smallest absolute Gasteiger partial charge is 0.0437 e. The fourth-order valence-electron chi connectivity index (χ4n) is 1.92. The summed E-state index contributed by atoms with van der Waals surface area (Å²) in [5, 5.41) is 9.85. The molecule has 1 rings (SSSR count). The van der Waals surface area contributed by atoms with E-state index in [0.717, 1.165) is 11.4 Å². The van der Waals surface area contributed by atoms with Crippen molar-refractivity contribution in [2.24, 2.45) is 5.41 Å².